The minimum atomic E-state index is -0.338. The van der Waals surface area contributed by atoms with Gasteiger partial charge >= 0.3 is 5.69 Å². The molecule has 7 heteroatoms. The number of hydrogen-bond acceptors (Lipinski definition) is 5. The molecule has 0 aromatic carbocycles. The second-order valence-corrected chi connectivity index (χ2v) is 3.92. The molecule has 2 N–H and O–H groups in total. The first-order valence-corrected chi connectivity index (χ1v) is 5.72. The second-order valence-electron chi connectivity index (χ2n) is 3.92. The number of aromatic nitrogens is 2. The summed E-state index contributed by atoms with van der Waals surface area (Å²) in [7, 11) is 3.06. The fraction of sp³-hybridized carbons (Fsp3) is 0.636. The van der Waals surface area contributed by atoms with Crippen LogP contribution in [0.5, 0.6) is 0 Å². The lowest BCUT2D eigenvalue weighted by Crippen LogP contribution is -2.39. The molecule has 7 nitrogen and oxygen atoms in total. The molecular weight excluding hydrogens is 238 g/mol. The minimum absolute atomic E-state index is 0.00133. The largest absolute Gasteiger partial charge is 0.394 e. The standard InChI is InChI=1S/C11H19N3O4/c1-13-8-9(10(16)14(2)11(13)17)7-12-3-5-18-6-4-15/h8,12,15H,3-7H2,1-2H3. The van der Waals surface area contributed by atoms with Crippen LogP contribution in [0.4, 0.5) is 0 Å². The molecule has 0 aliphatic heterocycles. The Morgan fingerprint density at radius 2 is 2.06 bits per heavy atom. The van der Waals surface area contributed by atoms with Crippen molar-refractivity contribution >= 4 is 0 Å². The first kappa shape index (κ1) is 14.6. The number of aryl methyl sites for hydroxylation is 1. The highest BCUT2D eigenvalue weighted by atomic mass is 16.5. The first-order chi connectivity index (χ1) is 8.57. The van der Waals surface area contributed by atoms with Gasteiger partial charge in [0.25, 0.3) is 5.56 Å². The van der Waals surface area contributed by atoms with Crippen LogP contribution in [0.1, 0.15) is 5.56 Å². The molecule has 1 heterocycles. The van der Waals surface area contributed by atoms with E-state index in [1.807, 2.05) is 0 Å². The van der Waals surface area contributed by atoms with E-state index in [1.54, 1.807) is 7.05 Å². The van der Waals surface area contributed by atoms with E-state index in [0.29, 0.717) is 31.9 Å². The van der Waals surface area contributed by atoms with Gasteiger partial charge in [-0.1, -0.05) is 0 Å². The van der Waals surface area contributed by atoms with E-state index in [1.165, 1.54) is 17.8 Å². The highest BCUT2D eigenvalue weighted by molar-refractivity contribution is 5.05. The molecule has 1 rings (SSSR count). The summed E-state index contributed by atoms with van der Waals surface area (Å²) in [5.41, 5.74) is -0.0985. The molecular formula is C11H19N3O4. The van der Waals surface area contributed by atoms with Gasteiger partial charge in [-0.25, -0.2) is 4.79 Å². The van der Waals surface area contributed by atoms with E-state index in [9.17, 15) is 9.59 Å². The molecule has 0 radical (unpaired) electrons. The van der Waals surface area contributed by atoms with E-state index in [0.717, 1.165) is 4.57 Å². The van der Waals surface area contributed by atoms with Gasteiger partial charge in [0.1, 0.15) is 0 Å². The van der Waals surface area contributed by atoms with Gasteiger partial charge in [-0.3, -0.25) is 9.36 Å². The predicted molar refractivity (Wildman–Crippen MR) is 66.5 cm³/mol. The van der Waals surface area contributed by atoms with E-state index in [2.05, 4.69) is 5.32 Å². The third-order valence-electron chi connectivity index (χ3n) is 2.49. The minimum Gasteiger partial charge on any atom is -0.394 e. The van der Waals surface area contributed by atoms with Gasteiger partial charge < -0.3 is 19.7 Å². The summed E-state index contributed by atoms with van der Waals surface area (Å²) in [5.74, 6) is 0. The maximum atomic E-state index is 11.8. The fourth-order valence-corrected chi connectivity index (χ4v) is 1.54. The molecule has 0 saturated heterocycles. The molecule has 0 unspecified atom stereocenters. The van der Waals surface area contributed by atoms with Crippen molar-refractivity contribution in [2.45, 2.75) is 6.54 Å². The average Bonchev–Trinajstić information content (AvgIpc) is 2.37. The zero-order valence-corrected chi connectivity index (χ0v) is 10.7. The van der Waals surface area contributed by atoms with Crippen molar-refractivity contribution in [2.75, 3.05) is 26.4 Å². The highest BCUT2D eigenvalue weighted by Gasteiger charge is 2.05. The van der Waals surface area contributed by atoms with E-state index in [4.69, 9.17) is 9.84 Å². The van der Waals surface area contributed by atoms with E-state index < -0.39 is 0 Å². The molecule has 18 heavy (non-hydrogen) atoms. The zero-order chi connectivity index (χ0) is 13.5. The Balaban J connectivity index is 2.53. The summed E-state index contributed by atoms with van der Waals surface area (Å²) in [6.07, 6.45) is 1.53. The first-order valence-electron chi connectivity index (χ1n) is 5.72. The molecule has 0 saturated carbocycles. The van der Waals surface area contributed by atoms with Gasteiger partial charge in [-0.05, 0) is 0 Å². The lowest BCUT2D eigenvalue weighted by Gasteiger charge is -2.08. The molecule has 0 spiro atoms. The summed E-state index contributed by atoms with van der Waals surface area (Å²) in [5, 5.41) is 11.5. The Labute approximate surface area is 105 Å². The maximum absolute atomic E-state index is 11.8. The van der Waals surface area contributed by atoms with E-state index in [-0.39, 0.29) is 17.9 Å². The lowest BCUT2D eigenvalue weighted by atomic mass is 10.3. The summed E-state index contributed by atoms with van der Waals surface area (Å²) in [6.45, 7) is 1.73. The number of aliphatic hydroxyl groups excluding tert-OH is 1. The number of aliphatic hydroxyl groups is 1. The van der Waals surface area contributed by atoms with Crippen LogP contribution in [0, 0.1) is 0 Å². The summed E-state index contributed by atoms with van der Waals surface area (Å²) >= 11 is 0. The summed E-state index contributed by atoms with van der Waals surface area (Å²) < 4.78 is 7.52. The third kappa shape index (κ3) is 3.80. The topological polar surface area (TPSA) is 85.5 Å². The van der Waals surface area contributed by atoms with Crippen LogP contribution < -0.4 is 16.6 Å². The molecule has 0 fully saturated rings. The fourth-order valence-electron chi connectivity index (χ4n) is 1.54. The Morgan fingerprint density at radius 1 is 1.33 bits per heavy atom. The molecule has 1 aromatic rings. The van der Waals surface area contributed by atoms with Gasteiger partial charge in [-0.2, -0.15) is 0 Å². The zero-order valence-electron chi connectivity index (χ0n) is 10.7. The molecule has 0 amide bonds. The number of hydrogen-bond donors (Lipinski definition) is 2. The van der Waals surface area contributed by atoms with Crippen molar-refractivity contribution in [1.82, 2.24) is 14.5 Å². The van der Waals surface area contributed by atoms with Gasteiger partial charge in [-0.15, -0.1) is 0 Å². The van der Waals surface area contributed by atoms with Crippen molar-refractivity contribution in [3.63, 3.8) is 0 Å². The van der Waals surface area contributed by atoms with Gasteiger partial charge in [0.2, 0.25) is 0 Å². The predicted octanol–water partition coefficient (Wildman–Crippen LogP) is -1.82. The average molecular weight is 257 g/mol. The molecule has 0 aliphatic rings. The number of nitrogens with zero attached hydrogens (tertiary/aromatic N) is 2. The highest BCUT2D eigenvalue weighted by Crippen LogP contribution is 1.86. The van der Waals surface area contributed by atoms with Crippen molar-refractivity contribution in [3.8, 4) is 0 Å². The molecule has 102 valence electrons. The quantitative estimate of drug-likeness (QED) is 0.562. The molecule has 0 bridgehead atoms. The van der Waals surface area contributed by atoms with Crippen molar-refractivity contribution in [1.29, 1.82) is 0 Å². The smallest absolute Gasteiger partial charge is 0.330 e. The summed E-state index contributed by atoms with van der Waals surface area (Å²) in [6, 6.07) is 0. The van der Waals surface area contributed by atoms with Crippen LogP contribution in [-0.4, -0.2) is 40.6 Å². The Morgan fingerprint density at radius 3 is 2.72 bits per heavy atom. The SMILES string of the molecule is Cn1cc(CNCCOCCO)c(=O)n(C)c1=O. The van der Waals surface area contributed by atoms with Crippen LogP contribution >= 0.6 is 0 Å². The van der Waals surface area contributed by atoms with Crippen LogP contribution in [0.2, 0.25) is 0 Å². The number of rotatable bonds is 7. The van der Waals surface area contributed by atoms with Gasteiger partial charge in [0.15, 0.2) is 0 Å². The summed E-state index contributed by atoms with van der Waals surface area (Å²) in [4.78, 5) is 23.2. The van der Waals surface area contributed by atoms with Gasteiger partial charge in [0.05, 0.1) is 19.8 Å². The maximum Gasteiger partial charge on any atom is 0.330 e. The Hall–Kier alpha value is -1.44. The van der Waals surface area contributed by atoms with Gasteiger partial charge in [0, 0.05) is 38.9 Å². The Kier molecular flexibility index (Phi) is 5.76. The monoisotopic (exact) mass is 257 g/mol. The van der Waals surface area contributed by atoms with Crippen LogP contribution in [-0.2, 0) is 25.4 Å². The van der Waals surface area contributed by atoms with E-state index >= 15 is 0 Å². The molecule has 1 aromatic heterocycles. The molecule has 0 atom stereocenters. The van der Waals surface area contributed by atoms with Crippen LogP contribution in [0.15, 0.2) is 15.8 Å². The second kappa shape index (κ2) is 7.10. The normalized spacial score (nSPS) is 10.8. The van der Waals surface area contributed by atoms with Crippen molar-refractivity contribution in [2.24, 2.45) is 14.1 Å². The lowest BCUT2D eigenvalue weighted by molar-refractivity contribution is 0.0938. The van der Waals surface area contributed by atoms with Crippen molar-refractivity contribution < 1.29 is 9.84 Å². The van der Waals surface area contributed by atoms with Crippen LogP contribution in [0.3, 0.4) is 0 Å². The number of ether oxygens (including phenoxy) is 1. The van der Waals surface area contributed by atoms with Crippen molar-refractivity contribution in [3.05, 3.63) is 32.6 Å². The molecule has 0 aliphatic carbocycles. The Bertz CT molecular complexity index is 492. The van der Waals surface area contributed by atoms with Crippen LogP contribution in [0.25, 0.3) is 0 Å². The number of nitrogens with one attached hydrogen (secondary N) is 1. The third-order valence-corrected chi connectivity index (χ3v) is 2.49.